The van der Waals surface area contributed by atoms with Crippen LogP contribution in [0.4, 0.5) is 10.1 Å². The normalized spacial score (nSPS) is 20.8. The zero-order valence-corrected chi connectivity index (χ0v) is 21.2. The third-order valence-corrected chi connectivity index (χ3v) is 8.83. The molecule has 1 atom stereocenters. The number of halogens is 1. The van der Waals surface area contributed by atoms with Gasteiger partial charge in [0.1, 0.15) is 24.6 Å². The first-order valence-corrected chi connectivity index (χ1v) is 13.9. The van der Waals surface area contributed by atoms with E-state index in [-0.39, 0.29) is 24.1 Å². The zero-order chi connectivity index (χ0) is 25.3. The third-order valence-electron chi connectivity index (χ3n) is 7.45. The predicted octanol–water partition coefficient (Wildman–Crippen LogP) is 3.15. The summed E-state index contributed by atoms with van der Waals surface area (Å²) in [6, 6.07) is 11.1. The van der Waals surface area contributed by atoms with Crippen molar-refractivity contribution in [3.8, 4) is 5.75 Å². The molecule has 36 heavy (non-hydrogen) atoms. The first-order chi connectivity index (χ1) is 17.4. The molecule has 3 aliphatic rings. The first-order valence-electron chi connectivity index (χ1n) is 12.4. The second-order valence-electron chi connectivity index (χ2n) is 9.79. The van der Waals surface area contributed by atoms with Crippen molar-refractivity contribution in [3.63, 3.8) is 0 Å². The van der Waals surface area contributed by atoms with Crippen LogP contribution in [0.3, 0.4) is 0 Å². The second kappa shape index (κ2) is 10.4. The minimum Gasteiger partial charge on any atom is -0.487 e. The van der Waals surface area contributed by atoms with E-state index in [1.165, 1.54) is 12.8 Å². The van der Waals surface area contributed by atoms with Gasteiger partial charge in [0, 0.05) is 32.3 Å². The Morgan fingerprint density at radius 1 is 1.17 bits per heavy atom. The maximum absolute atomic E-state index is 16.2. The smallest absolute Gasteiger partial charge is 0.326 e. The lowest BCUT2D eigenvalue weighted by Crippen LogP contribution is -2.40. The number of anilines is 1. The highest BCUT2D eigenvalue weighted by molar-refractivity contribution is 7.92. The Hall–Kier alpha value is -2.69. The molecule has 2 aromatic rings. The van der Waals surface area contributed by atoms with Gasteiger partial charge in [0.05, 0.1) is 6.10 Å². The van der Waals surface area contributed by atoms with Crippen molar-refractivity contribution in [3.05, 3.63) is 58.9 Å². The number of carbonyl (C=O) groups excluding carboxylic acids is 1. The number of rotatable bonds is 8. The Morgan fingerprint density at radius 2 is 1.92 bits per heavy atom. The maximum Gasteiger partial charge on any atom is 0.326 e. The number of amides is 1. The Kier molecular flexibility index (Phi) is 7.18. The molecule has 10 heteroatoms. The zero-order valence-electron chi connectivity index (χ0n) is 20.4. The van der Waals surface area contributed by atoms with Crippen molar-refractivity contribution in [2.75, 3.05) is 31.0 Å². The quantitative estimate of drug-likeness (QED) is 0.579. The molecule has 2 aliphatic heterocycles. The number of ether oxygens (including phenoxy) is 2. The number of nitrogens with zero attached hydrogens (tertiary/aromatic N) is 2. The minimum absolute atomic E-state index is 0.0887. The largest absolute Gasteiger partial charge is 0.487 e. The summed E-state index contributed by atoms with van der Waals surface area (Å²) >= 11 is 0. The molecule has 8 nitrogen and oxygen atoms in total. The lowest BCUT2D eigenvalue weighted by Gasteiger charge is -2.34. The number of carbonyl (C=O) groups is 1. The number of benzene rings is 2. The lowest BCUT2D eigenvalue weighted by atomic mass is 9.95. The summed E-state index contributed by atoms with van der Waals surface area (Å²) < 4.78 is 56.0. The molecule has 1 N–H and O–H groups in total. The fourth-order valence-corrected chi connectivity index (χ4v) is 6.72. The highest BCUT2D eigenvalue weighted by atomic mass is 32.2. The molecule has 2 aromatic carbocycles. The summed E-state index contributed by atoms with van der Waals surface area (Å²) in [6.07, 6.45) is 5.43. The van der Waals surface area contributed by atoms with E-state index >= 15 is 4.39 Å². The van der Waals surface area contributed by atoms with Gasteiger partial charge in [-0.3, -0.25) is 9.69 Å². The van der Waals surface area contributed by atoms with Gasteiger partial charge < -0.3 is 9.47 Å². The first kappa shape index (κ1) is 25.0. The maximum atomic E-state index is 16.2. The number of hydrogen-bond acceptors (Lipinski definition) is 6. The van der Waals surface area contributed by atoms with Gasteiger partial charge in [0.25, 0.3) is 5.91 Å². The molecule has 1 saturated heterocycles. The van der Waals surface area contributed by atoms with E-state index < -0.39 is 28.5 Å². The number of methoxy groups -OCH3 is 1. The molecule has 2 heterocycles. The molecule has 1 saturated carbocycles. The average Bonchev–Trinajstić information content (AvgIpc) is 3.49. The van der Waals surface area contributed by atoms with Gasteiger partial charge in [0.15, 0.2) is 5.82 Å². The van der Waals surface area contributed by atoms with Crippen LogP contribution in [0, 0.1) is 11.7 Å². The summed E-state index contributed by atoms with van der Waals surface area (Å²) in [6.45, 7) is 1.44. The standard InChI is InChI=1S/C26H32FN3O5S/c1-34-23(19-9-5-6-10-19)15-29-12-11-20-13-22(35-17-18-7-3-2-4-8-18)26(25(27)21(20)14-29)30-16-24(31)28-36(30,32)33/h2-4,7-8,13,19,23H,5-6,9-12,14-17H2,1H3,(H,28,31). The van der Waals surface area contributed by atoms with Crippen LogP contribution >= 0.6 is 0 Å². The van der Waals surface area contributed by atoms with Crippen LogP contribution in [0.5, 0.6) is 5.75 Å². The van der Waals surface area contributed by atoms with Crippen LogP contribution in [0.2, 0.25) is 0 Å². The van der Waals surface area contributed by atoms with Crippen LogP contribution in [0.1, 0.15) is 42.4 Å². The van der Waals surface area contributed by atoms with Gasteiger partial charge in [0.2, 0.25) is 0 Å². The predicted molar refractivity (Wildman–Crippen MR) is 133 cm³/mol. The summed E-state index contributed by atoms with van der Waals surface area (Å²) in [5.41, 5.74) is 1.88. The van der Waals surface area contributed by atoms with Crippen LogP contribution in [0.15, 0.2) is 36.4 Å². The van der Waals surface area contributed by atoms with E-state index in [0.29, 0.717) is 31.0 Å². The second-order valence-corrected chi connectivity index (χ2v) is 11.4. The van der Waals surface area contributed by atoms with Gasteiger partial charge in [-0.2, -0.15) is 8.42 Å². The van der Waals surface area contributed by atoms with Gasteiger partial charge in [-0.1, -0.05) is 43.2 Å². The van der Waals surface area contributed by atoms with E-state index in [1.54, 1.807) is 13.2 Å². The van der Waals surface area contributed by atoms with Gasteiger partial charge in [-0.15, -0.1) is 0 Å². The van der Waals surface area contributed by atoms with Crippen molar-refractivity contribution in [1.29, 1.82) is 0 Å². The summed E-state index contributed by atoms with van der Waals surface area (Å²) in [7, 11) is -2.48. The molecule has 0 spiro atoms. The van der Waals surface area contributed by atoms with Gasteiger partial charge >= 0.3 is 10.2 Å². The van der Waals surface area contributed by atoms with Crippen LogP contribution in [-0.4, -0.2) is 52.1 Å². The molecular weight excluding hydrogens is 485 g/mol. The Bertz CT molecular complexity index is 1220. The average molecular weight is 518 g/mol. The van der Waals surface area contributed by atoms with E-state index in [2.05, 4.69) is 4.90 Å². The monoisotopic (exact) mass is 517 g/mol. The fraction of sp³-hybridized carbons (Fsp3) is 0.500. The number of nitrogens with one attached hydrogen (secondary N) is 1. The molecule has 0 aromatic heterocycles. The number of fused-ring (bicyclic) bond motifs is 1. The Morgan fingerprint density at radius 3 is 2.58 bits per heavy atom. The molecule has 0 bridgehead atoms. The molecule has 194 valence electrons. The Labute approximate surface area is 211 Å². The molecule has 1 unspecified atom stereocenters. The highest BCUT2D eigenvalue weighted by Crippen LogP contribution is 2.40. The molecular formula is C26H32FN3O5S. The summed E-state index contributed by atoms with van der Waals surface area (Å²) in [4.78, 5) is 14.1. The minimum atomic E-state index is -4.21. The van der Waals surface area contributed by atoms with Crippen molar-refractivity contribution < 1.29 is 27.1 Å². The lowest BCUT2D eigenvalue weighted by molar-refractivity contribution is -0.117. The van der Waals surface area contributed by atoms with Crippen molar-refractivity contribution in [2.45, 2.75) is 51.4 Å². The third kappa shape index (κ3) is 5.07. The van der Waals surface area contributed by atoms with Crippen molar-refractivity contribution >= 4 is 21.8 Å². The molecule has 0 radical (unpaired) electrons. The van der Waals surface area contributed by atoms with Crippen LogP contribution < -0.4 is 13.8 Å². The van der Waals surface area contributed by atoms with Crippen LogP contribution in [0.25, 0.3) is 0 Å². The highest BCUT2D eigenvalue weighted by Gasteiger charge is 2.39. The van der Waals surface area contributed by atoms with E-state index in [1.807, 2.05) is 35.1 Å². The van der Waals surface area contributed by atoms with Gasteiger partial charge in [-0.05, 0) is 42.4 Å². The van der Waals surface area contributed by atoms with Crippen molar-refractivity contribution in [2.24, 2.45) is 5.92 Å². The number of hydrogen-bond donors (Lipinski definition) is 1. The van der Waals surface area contributed by atoms with Gasteiger partial charge in [-0.25, -0.2) is 13.4 Å². The van der Waals surface area contributed by atoms with E-state index in [0.717, 1.165) is 34.8 Å². The van der Waals surface area contributed by atoms with E-state index in [9.17, 15) is 13.2 Å². The van der Waals surface area contributed by atoms with Crippen LogP contribution in [-0.2, 0) is 39.3 Å². The summed E-state index contributed by atoms with van der Waals surface area (Å²) in [5, 5.41) is 0. The van der Waals surface area contributed by atoms with Crippen molar-refractivity contribution in [1.82, 2.24) is 9.62 Å². The SMILES string of the molecule is COC(CN1CCc2cc(OCc3ccccc3)c(N3CC(=O)NS3(=O)=O)c(F)c2C1)C1CCCC1. The molecule has 2 fully saturated rings. The molecule has 5 rings (SSSR count). The topological polar surface area (TPSA) is 88.2 Å². The molecule has 1 aliphatic carbocycles. The fourth-order valence-electron chi connectivity index (χ4n) is 5.56. The summed E-state index contributed by atoms with van der Waals surface area (Å²) in [5.74, 6) is -0.737. The molecule has 1 amide bonds. The Balaban J connectivity index is 1.46. The van der Waals surface area contributed by atoms with E-state index in [4.69, 9.17) is 9.47 Å².